The van der Waals surface area contributed by atoms with Crippen LogP contribution in [0.4, 0.5) is 13.2 Å². The average Bonchev–Trinajstić information content (AvgIpc) is 2.18. The van der Waals surface area contributed by atoms with E-state index in [0.717, 1.165) is 0 Å². The number of amides is 1. The molecule has 0 unspecified atom stereocenters. The van der Waals surface area contributed by atoms with Crippen LogP contribution in [0.25, 0.3) is 0 Å². The fraction of sp³-hybridized carbons (Fsp3) is 0.222. The number of alkyl halides is 2. The molecule has 1 N–H and O–H groups in total. The molecule has 0 heterocycles. The van der Waals surface area contributed by atoms with Gasteiger partial charge in [-0.3, -0.25) is 4.79 Å². The lowest BCUT2D eigenvalue weighted by Gasteiger charge is -2.05. The summed E-state index contributed by atoms with van der Waals surface area (Å²) < 4.78 is 36.9. The Hall–Kier alpha value is -1.04. The van der Waals surface area contributed by atoms with E-state index in [1.807, 2.05) is 5.32 Å². The smallest absolute Gasteiger partial charge is 0.255 e. The van der Waals surface area contributed by atoms with E-state index in [-0.39, 0.29) is 10.0 Å². The van der Waals surface area contributed by atoms with Crippen LogP contribution < -0.4 is 5.32 Å². The molecular weight excluding hydrogens is 275 g/mol. The lowest BCUT2D eigenvalue weighted by molar-refractivity contribution is 0.0887. The van der Waals surface area contributed by atoms with E-state index in [1.54, 1.807) is 0 Å². The molecule has 82 valence electrons. The van der Waals surface area contributed by atoms with Crippen LogP contribution in [0.5, 0.6) is 0 Å². The molecule has 0 atom stereocenters. The number of carbonyl (C=O) groups excluding carboxylic acids is 1. The zero-order valence-electron chi connectivity index (χ0n) is 7.44. The van der Waals surface area contributed by atoms with Crippen LogP contribution in [0.2, 0.25) is 0 Å². The number of rotatable bonds is 3. The predicted octanol–water partition coefficient (Wildman–Crippen LogP) is 2.58. The van der Waals surface area contributed by atoms with Gasteiger partial charge in [-0.05, 0) is 28.1 Å². The summed E-state index contributed by atoms with van der Waals surface area (Å²) in [6, 6.07) is 4.09. The molecule has 0 aliphatic heterocycles. The van der Waals surface area contributed by atoms with Gasteiger partial charge in [0, 0.05) is 0 Å². The van der Waals surface area contributed by atoms with Gasteiger partial charge in [-0.25, -0.2) is 13.2 Å². The fourth-order valence-corrected chi connectivity index (χ4v) is 1.31. The van der Waals surface area contributed by atoms with Gasteiger partial charge in [-0.1, -0.05) is 6.07 Å². The molecule has 15 heavy (non-hydrogen) atoms. The van der Waals surface area contributed by atoms with Crippen LogP contribution in [-0.4, -0.2) is 18.9 Å². The first-order valence-corrected chi connectivity index (χ1v) is 4.82. The molecule has 1 rings (SSSR count). The largest absolute Gasteiger partial charge is 0.346 e. The number of nitrogens with one attached hydrogen (secondary N) is 1. The first-order valence-electron chi connectivity index (χ1n) is 4.02. The highest BCUT2D eigenvalue weighted by Crippen LogP contribution is 2.18. The van der Waals surface area contributed by atoms with Crippen LogP contribution in [0.15, 0.2) is 22.7 Å². The molecule has 0 saturated heterocycles. The van der Waals surface area contributed by atoms with E-state index >= 15 is 0 Å². The van der Waals surface area contributed by atoms with Crippen molar-refractivity contribution in [2.45, 2.75) is 6.43 Å². The highest BCUT2D eigenvalue weighted by atomic mass is 79.9. The number of halogens is 4. The highest BCUT2D eigenvalue weighted by molar-refractivity contribution is 9.10. The van der Waals surface area contributed by atoms with Gasteiger partial charge in [0.25, 0.3) is 12.3 Å². The molecule has 0 saturated carbocycles. The van der Waals surface area contributed by atoms with Gasteiger partial charge in [0.05, 0.1) is 16.6 Å². The Bertz CT molecular complexity index is 370. The van der Waals surface area contributed by atoms with Crippen molar-refractivity contribution in [3.63, 3.8) is 0 Å². The molecule has 6 heteroatoms. The minimum atomic E-state index is -2.65. The third kappa shape index (κ3) is 3.23. The van der Waals surface area contributed by atoms with E-state index in [0.29, 0.717) is 0 Å². The van der Waals surface area contributed by atoms with Crippen LogP contribution in [0.3, 0.4) is 0 Å². The van der Waals surface area contributed by atoms with Crippen LogP contribution in [-0.2, 0) is 0 Å². The zero-order valence-corrected chi connectivity index (χ0v) is 9.02. The Kier molecular flexibility index (Phi) is 4.14. The van der Waals surface area contributed by atoms with Crippen LogP contribution in [0, 0.1) is 5.82 Å². The van der Waals surface area contributed by atoms with E-state index in [4.69, 9.17) is 0 Å². The molecule has 0 spiro atoms. The second kappa shape index (κ2) is 5.16. The lowest BCUT2D eigenvalue weighted by Crippen LogP contribution is -2.29. The Balaban J connectivity index is 2.78. The maximum absolute atomic E-state index is 13.3. The quantitative estimate of drug-likeness (QED) is 0.907. The summed E-state index contributed by atoms with van der Waals surface area (Å²) in [5.41, 5.74) is -0.259. The molecule has 0 aliphatic carbocycles. The summed E-state index contributed by atoms with van der Waals surface area (Å²) in [5.74, 6) is -1.61. The lowest BCUT2D eigenvalue weighted by atomic mass is 10.2. The third-order valence-corrected chi connectivity index (χ3v) is 2.23. The first-order chi connectivity index (χ1) is 7.02. The standard InChI is InChI=1S/C9H7BrF3NO/c10-6-3-1-2-5(8(6)13)9(15)14-4-7(11)12/h1-3,7H,4H2,(H,14,15). The molecule has 0 aliphatic rings. The van der Waals surface area contributed by atoms with Gasteiger partial charge in [-0.2, -0.15) is 0 Å². The Morgan fingerprint density at radius 1 is 1.47 bits per heavy atom. The normalized spacial score (nSPS) is 10.5. The molecule has 1 amide bonds. The van der Waals surface area contributed by atoms with Gasteiger partial charge in [-0.15, -0.1) is 0 Å². The van der Waals surface area contributed by atoms with Crippen LogP contribution in [0.1, 0.15) is 10.4 Å². The molecule has 1 aromatic rings. The van der Waals surface area contributed by atoms with Crippen molar-refractivity contribution in [3.05, 3.63) is 34.1 Å². The molecule has 0 bridgehead atoms. The summed E-state index contributed by atoms with van der Waals surface area (Å²) in [4.78, 5) is 11.2. The maximum atomic E-state index is 13.3. The summed E-state index contributed by atoms with van der Waals surface area (Å²) in [7, 11) is 0. The van der Waals surface area contributed by atoms with Gasteiger partial charge >= 0.3 is 0 Å². The zero-order chi connectivity index (χ0) is 11.4. The second-order valence-electron chi connectivity index (χ2n) is 2.70. The van der Waals surface area contributed by atoms with E-state index in [2.05, 4.69) is 15.9 Å². The molecule has 2 nitrogen and oxygen atoms in total. The van der Waals surface area contributed by atoms with Gasteiger partial charge in [0.1, 0.15) is 5.82 Å². The van der Waals surface area contributed by atoms with Crippen molar-refractivity contribution in [1.29, 1.82) is 0 Å². The summed E-state index contributed by atoms with van der Waals surface area (Å²) in [6.07, 6.45) is -2.65. The SMILES string of the molecule is O=C(NCC(F)F)c1cccc(Br)c1F. The van der Waals surface area contributed by atoms with Crippen LogP contribution >= 0.6 is 15.9 Å². The molecule has 1 aromatic carbocycles. The predicted molar refractivity (Wildman–Crippen MR) is 52.4 cm³/mol. The minimum Gasteiger partial charge on any atom is -0.346 e. The number of benzene rings is 1. The highest BCUT2D eigenvalue weighted by Gasteiger charge is 2.14. The van der Waals surface area contributed by atoms with Crippen molar-refractivity contribution >= 4 is 21.8 Å². The summed E-state index contributed by atoms with van der Waals surface area (Å²) in [5, 5.41) is 1.92. The summed E-state index contributed by atoms with van der Waals surface area (Å²) in [6.45, 7) is -0.787. The maximum Gasteiger partial charge on any atom is 0.255 e. The van der Waals surface area contributed by atoms with Gasteiger partial charge < -0.3 is 5.32 Å². The molecule has 0 fully saturated rings. The fourth-order valence-electron chi connectivity index (χ4n) is 0.944. The van der Waals surface area contributed by atoms with Crippen molar-refractivity contribution in [2.75, 3.05) is 6.54 Å². The topological polar surface area (TPSA) is 29.1 Å². The average molecular weight is 282 g/mol. The second-order valence-corrected chi connectivity index (χ2v) is 3.56. The van der Waals surface area contributed by atoms with E-state index < -0.39 is 24.7 Å². The van der Waals surface area contributed by atoms with Crippen molar-refractivity contribution in [2.24, 2.45) is 0 Å². The number of carbonyl (C=O) groups is 1. The molecule has 0 radical (unpaired) electrons. The van der Waals surface area contributed by atoms with Gasteiger partial charge in [0.15, 0.2) is 0 Å². The van der Waals surface area contributed by atoms with E-state index in [1.165, 1.54) is 18.2 Å². The van der Waals surface area contributed by atoms with Crippen molar-refractivity contribution < 1.29 is 18.0 Å². The number of hydrogen-bond acceptors (Lipinski definition) is 1. The van der Waals surface area contributed by atoms with Crippen molar-refractivity contribution in [1.82, 2.24) is 5.32 Å². The Morgan fingerprint density at radius 2 is 2.13 bits per heavy atom. The summed E-state index contributed by atoms with van der Waals surface area (Å²) >= 11 is 2.89. The monoisotopic (exact) mass is 281 g/mol. The third-order valence-electron chi connectivity index (χ3n) is 1.61. The van der Waals surface area contributed by atoms with E-state index in [9.17, 15) is 18.0 Å². The molecule has 0 aromatic heterocycles. The van der Waals surface area contributed by atoms with Crippen molar-refractivity contribution in [3.8, 4) is 0 Å². The van der Waals surface area contributed by atoms with Gasteiger partial charge in [0.2, 0.25) is 0 Å². The minimum absolute atomic E-state index is 0.118. The number of hydrogen-bond donors (Lipinski definition) is 1. The first kappa shape index (κ1) is 12.0. The molecular formula is C9H7BrF3NO. The Morgan fingerprint density at radius 3 is 2.73 bits per heavy atom. The Labute approximate surface area is 92.6 Å².